The average Bonchev–Trinajstić information content (AvgIpc) is 3.15. The van der Waals surface area contributed by atoms with Gasteiger partial charge in [0.25, 0.3) is 0 Å². The van der Waals surface area contributed by atoms with Crippen LogP contribution in [0.4, 0.5) is 0 Å². The molecule has 1 fully saturated rings. The summed E-state index contributed by atoms with van der Waals surface area (Å²) in [5.41, 5.74) is 7.62. The lowest BCUT2D eigenvalue weighted by molar-refractivity contribution is 0.171. The van der Waals surface area contributed by atoms with Crippen LogP contribution in [0.1, 0.15) is 17.0 Å². The summed E-state index contributed by atoms with van der Waals surface area (Å²) in [5, 5.41) is -0.667. The summed E-state index contributed by atoms with van der Waals surface area (Å²) >= 11 is 0. The molecule has 0 amide bonds. The van der Waals surface area contributed by atoms with Crippen LogP contribution in [0.25, 0.3) is 0 Å². The molecule has 0 radical (unpaired) electrons. The van der Waals surface area contributed by atoms with Gasteiger partial charge in [-0.3, -0.25) is 0 Å². The van der Waals surface area contributed by atoms with Crippen molar-refractivity contribution in [3.8, 4) is 0 Å². The third kappa shape index (κ3) is 2.69. The molecule has 1 aliphatic rings. The molecular formula is C18H21NO3S. The van der Waals surface area contributed by atoms with Gasteiger partial charge in [0.05, 0.1) is 22.3 Å². The molecule has 0 spiro atoms. The SMILES string of the molecule is COCC1(N)C(c2ccc(C)cc2)C1S(=O)(=O)c1ccccc1. The van der Waals surface area contributed by atoms with Crippen LogP contribution in [0, 0.1) is 6.92 Å². The fraction of sp³-hybridized carbons (Fsp3) is 0.333. The standard InChI is InChI=1S/C18H21NO3S/c1-13-8-10-14(11-9-13)16-17(18(16,19)12-22-2)23(20,21)15-6-4-3-5-7-15/h3-11,16-17H,12,19H2,1-2H3. The number of hydrogen-bond acceptors (Lipinski definition) is 4. The summed E-state index contributed by atoms with van der Waals surface area (Å²) in [6.45, 7) is 2.21. The highest BCUT2D eigenvalue weighted by molar-refractivity contribution is 7.92. The largest absolute Gasteiger partial charge is 0.383 e. The molecule has 0 heterocycles. The minimum Gasteiger partial charge on any atom is -0.383 e. The first-order chi connectivity index (χ1) is 10.9. The molecule has 3 rings (SSSR count). The summed E-state index contributed by atoms with van der Waals surface area (Å²) in [7, 11) is -1.96. The van der Waals surface area contributed by atoms with E-state index in [2.05, 4.69) is 0 Å². The van der Waals surface area contributed by atoms with Gasteiger partial charge in [-0.2, -0.15) is 0 Å². The summed E-state index contributed by atoms with van der Waals surface area (Å²) in [6, 6.07) is 16.4. The first kappa shape index (κ1) is 16.2. The van der Waals surface area contributed by atoms with Crippen molar-refractivity contribution in [1.29, 1.82) is 0 Å². The number of rotatable bonds is 5. The van der Waals surface area contributed by atoms with Crippen LogP contribution in [0.2, 0.25) is 0 Å². The maximum Gasteiger partial charge on any atom is 0.183 e. The van der Waals surface area contributed by atoms with Crippen molar-refractivity contribution in [2.75, 3.05) is 13.7 Å². The first-order valence-corrected chi connectivity index (χ1v) is 9.09. The molecule has 2 aromatic carbocycles. The molecule has 2 aromatic rings. The van der Waals surface area contributed by atoms with E-state index in [1.807, 2.05) is 31.2 Å². The van der Waals surface area contributed by atoms with Crippen LogP contribution in [-0.4, -0.2) is 32.9 Å². The molecular weight excluding hydrogens is 310 g/mol. The summed E-state index contributed by atoms with van der Waals surface area (Å²) in [4.78, 5) is 0.311. The highest BCUT2D eigenvalue weighted by Gasteiger charge is 2.69. The number of benzene rings is 2. The van der Waals surface area contributed by atoms with E-state index in [-0.39, 0.29) is 12.5 Å². The summed E-state index contributed by atoms with van der Waals surface area (Å²) in [6.07, 6.45) is 0. The molecule has 0 aromatic heterocycles. The van der Waals surface area contributed by atoms with E-state index in [1.165, 1.54) is 0 Å². The van der Waals surface area contributed by atoms with Crippen LogP contribution in [0.3, 0.4) is 0 Å². The van der Waals surface area contributed by atoms with Crippen LogP contribution < -0.4 is 5.73 Å². The molecule has 2 N–H and O–H groups in total. The Morgan fingerprint density at radius 1 is 1.09 bits per heavy atom. The number of sulfone groups is 1. The molecule has 23 heavy (non-hydrogen) atoms. The van der Waals surface area contributed by atoms with Crippen molar-refractivity contribution in [2.24, 2.45) is 5.73 Å². The Kier molecular flexibility index (Phi) is 4.04. The Balaban J connectivity index is 2.01. The first-order valence-electron chi connectivity index (χ1n) is 7.54. The topological polar surface area (TPSA) is 69.4 Å². The Morgan fingerprint density at radius 2 is 1.70 bits per heavy atom. The van der Waals surface area contributed by atoms with E-state index in [4.69, 9.17) is 10.5 Å². The molecule has 0 bridgehead atoms. The monoisotopic (exact) mass is 331 g/mol. The quantitative estimate of drug-likeness (QED) is 0.912. The molecule has 4 nitrogen and oxygen atoms in total. The highest BCUT2D eigenvalue weighted by Crippen LogP contribution is 2.55. The zero-order valence-corrected chi connectivity index (χ0v) is 14.1. The number of hydrogen-bond donors (Lipinski definition) is 1. The average molecular weight is 331 g/mol. The minimum absolute atomic E-state index is 0.211. The van der Waals surface area contributed by atoms with Crippen molar-refractivity contribution in [2.45, 2.75) is 28.5 Å². The van der Waals surface area contributed by atoms with Crippen molar-refractivity contribution in [3.63, 3.8) is 0 Å². The highest BCUT2D eigenvalue weighted by atomic mass is 32.2. The second-order valence-electron chi connectivity index (χ2n) is 6.21. The second-order valence-corrected chi connectivity index (χ2v) is 8.28. The lowest BCUT2D eigenvalue weighted by Crippen LogP contribution is -2.35. The lowest BCUT2D eigenvalue weighted by Gasteiger charge is -2.11. The van der Waals surface area contributed by atoms with Gasteiger partial charge >= 0.3 is 0 Å². The van der Waals surface area contributed by atoms with Gasteiger partial charge in [-0.25, -0.2) is 8.42 Å². The molecule has 5 heteroatoms. The van der Waals surface area contributed by atoms with Crippen LogP contribution in [0.5, 0.6) is 0 Å². The number of aryl methyl sites for hydroxylation is 1. The van der Waals surface area contributed by atoms with E-state index in [0.29, 0.717) is 4.90 Å². The maximum atomic E-state index is 13.0. The van der Waals surface area contributed by atoms with Gasteiger partial charge in [-0.05, 0) is 24.6 Å². The normalized spacial score (nSPS) is 26.9. The predicted molar refractivity (Wildman–Crippen MR) is 90.1 cm³/mol. The Morgan fingerprint density at radius 3 is 2.26 bits per heavy atom. The van der Waals surface area contributed by atoms with Crippen LogP contribution >= 0.6 is 0 Å². The van der Waals surface area contributed by atoms with E-state index >= 15 is 0 Å². The molecule has 122 valence electrons. The van der Waals surface area contributed by atoms with E-state index < -0.39 is 20.6 Å². The fourth-order valence-electron chi connectivity index (χ4n) is 3.33. The van der Waals surface area contributed by atoms with Crippen LogP contribution in [-0.2, 0) is 14.6 Å². The van der Waals surface area contributed by atoms with Gasteiger partial charge in [-0.15, -0.1) is 0 Å². The minimum atomic E-state index is -3.51. The van der Waals surface area contributed by atoms with Crippen LogP contribution in [0.15, 0.2) is 59.5 Å². The Hall–Kier alpha value is -1.69. The fourth-order valence-corrected chi connectivity index (χ4v) is 5.64. The van der Waals surface area contributed by atoms with E-state index in [0.717, 1.165) is 11.1 Å². The van der Waals surface area contributed by atoms with Gasteiger partial charge in [0.15, 0.2) is 9.84 Å². The third-order valence-corrected chi connectivity index (χ3v) is 6.85. The maximum absolute atomic E-state index is 13.0. The van der Waals surface area contributed by atoms with Crippen molar-refractivity contribution in [3.05, 3.63) is 65.7 Å². The van der Waals surface area contributed by atoms with Gasteiger partial charge in [0.2, 0.25) is 0 Å². The Labute approximate surface area is 137 Å². The predicted octanol–water partition coefficient (Wildman–Crippen LogP) is 2.28. The number of methoxy groups -OCH3 is 1. The van der Waals surface area contributed by atoms with Crippen molar-refractivity contribution < 1.29 is 13.2 Å². The summed E-state index contributed by atoms with van der Waals surface area (Å²) < 4.78 is 31.2. The molecule has 0 saturated heterocycles. The van der Waals surface area contributed by atoms with E-state index in [1.54, 1.807) is 37.4 Å². The molecule has 1 aliphatic carbocycles. The zero-order chi connectivity index (χ0) is 16.7. The molecule has 3 atom stereocenters. The lowest BCUT2D eigenvalue weighted by atomic mass is 10.1. The number of ether oxygens (including phenoxy) is 1. The summed E-state index contributed by atoms with van der Waals surface area (Å²) in [5.74, 6) is -0.256. The Bertz CT molecular complexity index is 787. The van der Waals surface area contributed by atoms with Crippen molar-refractivity contribution in [1.82, 2.24) is 0 Å². The van der Waals surface area contributed by atoms with Gasteiger partial charge < -0.3 is 10.5 Å². The van der Waals surface area contributed by atoms with Gasteiger partial charge in [-0.1, -0.05) is 48.0 Å². The molecule has 1 saturated carbocycles. The third-order valence-electron chi connectivity index (χ3n) is 4.54. The zero-order valence-electron chi connectivity index (χ0n) is 13.3. The second kappa shape index (κ2) is 5.74. The smallest absolute Gasteiger partial charge is 0.183 e. The molecule has 3 unspecified atom stereocenters. The number of nitrogens with two attached hydrogens (primary N) is 1. The van der Waals surface area contributed by atoms with Gasteiger partial charge in [0.1, 0.15) is 0 Å². The molecule has 0 aliphatic heterocycles. The van der Waals surface area contributed by atoms with E-state index in [9.17, 15) is 8.42 Å². The van der Waals surface area contributed by atoms with Gasteiger partial charge in [0, 0.05) is 13.0 Å². The van der Waals surface area contributed by atoms with Crippen molar-refractivity contribution >= 4 is 9.84 Å².